The zero-order chi connectivity index (χ0) is 39.0. The van der Waals surface area contributed by atoms with E-state index < -0.39 is 0 Å². The minimum atomic E-state index is -0.223. The van der Waals surface area contributed by atoms with Crippen LogP contribution in [-0.2, 0) is 9.59 Å². The number of alkyl halides is 1. The Labute approximate surface area is 324 Å². The first-order valence-corrected chi connectivity index (χ1v) is 19.2. The summed E-state index contributed by atoms with van der Waals surface area (Å²) in [7, 11) is 0. The second-order valence-electron chi connectivity index (χ2n) is 13.7. The van der Waals surface area contributed by atoms with Crippen molar-refractivity contribution in [1.82, 2.24) is 19.9 Å². The molecule has 0 saturated carbocycles. The molecule has 0 saturated heterocycles. The average molecular weight is 748 g/mol. The standard InChI is InChI=1S/C22H33N3O.C12H11ClN2O.C10H10N2/c1-5-25(6-2)14-8-9-17(3)11-12-21(26)24-20-16-18(4)15-19-10-7-13-23-22(19)20;1-8-5-9-3-2-4-14-12(9)10(6-8)15-11(16)7-13;1-7-5-8-3-2-4-12-10(8)9(11)6-7/h7,10,13,15-17H,5-6,8-9,11-12,14H2,1-4H3,(H,24,26);2-6H,7H2,1H3,(H,15,16);2-6H,11H2,1H3. The van der Waals surface area contributed by atoms with E-state index in [-0.39, 0.29) is 17.7 Å². The van der Waals surface area contributed by atoms with Crippen molar-refractivity contribution >= 4 is 73.2 Å². The van der Waals surface area contributed by atoms with Gasteiger partial charge in [0.05, 0.1) is 33.6 Å². The molecule has 1 unspecified atom stereocenters. The highest BCUT2D eigenvalue weighted by Crippen LogP contribution is 2.25. The van der Waals surface area contributed by atoms with Crippen molar-refractivity contribution in [2.45, 2.75) is 67.2 Å². The summed E-state index contributed by atoms with van der Waals surface area (Å²) < 4.78 is 0. The number of nitrogen functional groups attached to an aromatic ring is 1. The van der Waals surface area contributed by atoms with Crippen molar-refractivity contribution in [2.75, 3.05) is 41.9 Å². The Bertz CT molecular complexity index is 2150. The molecule has 1 atom stereocenters. The number of amides is 2. The number of hydrogen-bond donors (Lipinski definition) is 3. The highest BCUT2D eigenvalue weighted by atomic mass is 35.5. The van der Waals surface area contributed by atoms with Crippen LogP contribution < -0.4 is 16.4 Å². The summed E-state index contributed by atoms with van der Waals surface area (Å²) >= 11 is 5.46. The Balaban J connectivity index is 0.000000196. The van der Waals surface area contributed by atoms with Gasteiger partial charge in [0.15, 0.2) is 0 Å². The van der Waals surface area contributed by atoms with E-state index in [1.54, 1.807) is 18.6 Å². The van der Waals surface area contributed by atoms with Gasteiger partial charge in [-0.1, -0.05) is 39.0 Å². The number of nitrogens with one attached hydrogen (secondary N) is 2. The fraction of sp³-hybridized carbons (Fsp3) is 0.341. The molecule has 284 valence electrons. The van der Waals surface area contributed by atoms with Crippen LogP contribution in [0.4, 0.5) is 17.1 Å². The topological polar surface area (TPSA) is 126 Å². The smallest absolute Gasteiger partial charge is 0.239 e. The number of halogens is 1. The number of aryl methyl sites for hydroxylation is 3. The summed E-state index contributed by atoms with van der Waals surface area (Å²) in [5, 5.41) is 8.98. The molecule has 0 aliphatic carbocycles. The first-order chi connectivity index (χ1) is 26.0. The van der Waals surface area contributed by atoms with E-state index in [2.05, 4.69) is 63.4 Å². The molecule has 0 bridgehead atoms. The van der Waals surface area contributed by atoms with Crippen molar-refractivity contribution < 1.29 is 9.59 Å². The minimum absolute atomic E-state index is 0.0533. The fourth-order valence-electron chi connectivity index (χ4n) is 6.37. The number of benzene rings is 3. The van der Waals surface area contributed by atoms with Crippen molar-refractivity contribution in [1.29, 1.82) is 0 Å². The van der Waals surface area contributed by atoms with Crippen molar-refractivity contribution in [3.63, 3.8) is 0 Å². The van der Waals surface area contributed by atoms with Crippen LogP contribution in [0.3, 0.4) is 0 Å². The summed E-state index contributed by atoms with van der Waals surface area (Å²) in [5.74, 6) is 0.378. The molecule has 3 heterocycles. The number of carbonyl (C=O) groups excluding carboxylic acids is 2. The van der Waals surface area contributed by atoms with Crippen LogP contribution in [0.1, 0.15) is 63.1 Å². The van der Waals surface area contributed by atoms with Gasteiger partial charge < -0.3 is 21.3 Å². The number of nitrogens with two attached hydrogens (primary N) is 1. The van der Waals surface area contributed by atoms with Crippen LogP contribution in [0.25, 0.3) is 32.7 Å². The van der Waals surface area contributed by atoms with E-state index >= 15 is 0 Å². The van der Waals surface area contributed by atoms with Gasteiger partial charge in [0, 0.05) is 41.2 Å². The summed E-state index contributed by atoms with van der Waals surface area (Å²) in [6.07, 6.45) is 9.11. The van der Waals surface area contributed by atoms with Gasteiger partial charge >= 0.3 is 0 Å². The van der Waals surface area contributed by atoms with E-state index in [4.69, 9.17) is 17.3 Å². The lowest BCUT2D eigenvalue weighted by molar-refractivity contribution is -0.116. The van der Waals surface area contributed by atoms with Crippen molar-refractivity contribution in [3.8, 4) is 0 Å². The third-order valence-corrected chi connectivity index (χ3v) is 9.42. The molecule has 10 heteroatoms. The Hall–Kier alpha value is -5.12. The number of aromatic nitrogens is 3. The molecule has 0 radical (unpaired) electrons. The van der Waals surface area contributed by atoms with Gasteiger partial charge in [0.25, 0.3) is 0 Å². The van der Waals surface area contributed by atoms with Crippen molar-refractivity contribution in [3.05, 3.63) is 108 Å². The van der Waals surface area contributed by atoms with E-state index in [0.717, 1.165) is 81.3 Å². The predicted molar refractivity (Wildman–Crippen MR) is 227 cm³/mol. The lowest BCUT2D eigenvalue weighted by Gasteiger charge is -2.19. The van der Waals surface area contributed by atoms with E-state index in [0.29, 0.717) is 18.0 Å². The highest BCUT2D eigenvalue weighted by molar-refractivity contribution is 6.29. The monoisotopic (exact) mass is 747 g/mol. The molecule has 0 spiro atoms. The second-order valence-corrected chi connectivity index (χ2v) is 14.0. The molecule has 0 fully saturated rings. The number of carbonyl (C=O) groups is 2. The normalized spacial score (nSPS) is 11.4. The van der Waals surface area contributed by atoms with Gasteiger partial charge in [-0.15, -0.1) is 11.6 Å². The van der Waals surface area contributed by atoms with Crippen LogP contribution in [0.5, 0.6) is 0 Å². The maximum atomic E-state index is 12.4. The molecule has 3 aromatic carbocycles. The summed E-state index contributed by atoms with van der Waals surface area (Å²) in [6.45, 7) is 16.1. The Morgan fingerprint density at radius 2 is 1.17 bits per heavy atom. The predicted octanol–water partition coefficient (Wildman–Crippen LogP) is 9.87. The Morgan fingerprint density at radius 1 is 0.704 bits per heavy atom. The maximum absolute atomic E-state index is 12.4. The first-order valence-electron chi connectivity index (χ1n) is 18.7. The lowest BCUT2D eigenvalue weighted by Crippen LogP contribution is -2.24. The van der Waals surface area contributed by atoms with Crippen LogP contribution >= 0.6 is 11.6 Å². The van der Waals surface area contributed by atoms with Gasteiger partial charge in [-0.25, -0.2) is 0 Å². The van der Waals surface area contributed by atoms with Crippen LogP contribution in [-0.4, -0.2) is 57.2 Å². The highest BCUT2D eigenvalue weighted by Gasteiger charge is 2.11. The number of anilines is 3. The Morgan fingerprint density at radius 3 is 1.67 bits per heavy atom. The number of rotatable bonds is 12. The van der Waals surface area contributed by atoms with Crippen LogP contribution in [0, 0.1) is 26.7 Å². The third kappa shape index (κ3) is 12.5. The van der Waals surface area contributed by atoms with Crippen LogP contribution in [0.15, 0.2) is 91.4 Å². The number of hydrogen-bond acceptors (Lipinski definition) is 7. The molecule has 54 heavy (non-hydrogen) atoms. The third-order valence-electron chi connectivity index (χ3n) is 9.18. The number of pyridine rings is 3. The second kappa shape index (κ2) is 20.9. The van der Waals surface area contributed by atoms with E-state index in [9.17, 15) is 9.59 Å². The molecule has 0 aliphatic heterocycles. The number of fused-ring (bicyclic) bond motifs is 3. The molecule has 2 amide bonds. The Kier molecular flexibility index (Phi) is 16.1. The molecular formula is C44H54ClN7O2. The van der Waals surface area contributed by atoms with Gasteiger partial charge in [-0.2, -0.15) is 0 Å². The largest absolute Gasteiger partial charge is 0.397 e. The van der Waals surface area contributed by atoms with Gasteiger partial charge in [-0.3, -0.25) is 24.5 Å². The molecule has 4 N–H and O–H groups in total. The quantitative estimate of drug-likeness (QED) is 0.0841. The molecule has 9 nitrogen and oxygen atoms in total. The van der Waals surface area contributed by atoms with E-state index in [1.165, 1.54) is 18.4 Å². The van der Waals surface area contributed by atoms with Gasteiger partial charge in [0.1, 0.15) is 5.88 Å². The zero-order valence-electron chi connectivity index (χ0n) is 32.5. The van der Waals surface area contributed by atoms with Gasteiger partial charge in [-0.05, 0) is 137 Å². The zero-order valence-corrected chi connectivity index (χ0v) is 33.2. The van der Waals surface area contributed by atoms with Gasteiger partial charge in [0.2, 0.25) is 11.8 Å². The molecule has 0 aliphatic rings. The molecule has 3 aromatic heterocycles. The lowest BCUT2D eigenvalue weighted by atomic mass is 9.99. The summed E-state index contributed by atoms with van der Waals surface area (Å²) in [6, 6.07) is 23.8. The fourth-order valence-corrected chi connectivity index (χ4v) is 6.44. The molecule has 6 rings (SSSR count). The molecular weight excluding hydrogens is 694 g/mol. The minimum Gasteiger partial charge on any atom is -0.397 e. The average Bonchev–Trinajstić information content (AvgIpc) is 3.16. The van der Waals surface area contributed by atoms with Crippen LogP contribution in [0.2, 0.25) is 0 Å². The summed E-state index contributed by atoms with van der Waals surface area (Å²) in [4.78, 5) is 39.0. The number of nitrogens with zero attached hydrogens (tertiary/aromatic N) is 4. The summed E-state index contributed by atoms with van der Waals surface area (Å²) in [5.41, 5.74) is 14.0. The van der Waals surface area contributed by atoms with E-state index in [1.807, 2.05) is 81.4 Å². The SMILES string of the molecule is CCN(CC)CCCC(C)CCC(=O)Nc1cc(C)cc2cccnc12.Cc1cc(N)c2ncccc2c1.Cc1cc(NC(=O)CCl)c2ncccc2c1. The first kappa shape index (κ1) is 41.6. The molecule has 6 aromatic rings. The van der Waals surface area contributed by atoms with Crippen molar-refractivity contribution in [2.24, 2.45) is 5.92 Å². The maximum Gasteiger partial charge on any atom is 0.239 e.